The number of amides is 1. The van der Waals surface area contributed by atoms with Crippen LogP contribution in [0.1, 0.15) is 70.6 Å². The first kappa shape index (κ1) is 30.1. The summed E-state index contributed by atoms with van der Waals surface area (Å²) < 4.78 is 28.5. The van der Waals surface area contributed by atoms with Crippen molar-refractivity contribution in [1.82, 2.24) is 14.9 Å². The molecule has 1 aliphatic heterocycles. The van der Waals surface area contributed by atoms with Crippen molar-refractivity contribution in [1.29, 1.82) is 0 Å². The van der Waals surface area contributed by atoms with Gasteiger partial charge in [0.1, 0.15) is 5.82 Å². The molecule has 7 nitrogen and oxygen atoms in total. The Bertz CT molecular complexity index is 1120. The topological polar surface area (TPSA) is 67.8 Å². The van der Waals surface area contributed by atoms with Crippen LogP contribution in [-0.2, 0) is 14.3 Å². The maximum absolute atomic E-state index is 13.8. The van der Waals surface area contributed by atoms with Crippen LogP contribution in [0, 0.1) is 5.82 Å². The van der Waals surface area contributed by atoms with Crippen molar-refractivity contribution >= 4 is 29.9 Å². The Labute approximate surface area is 230 Å². The number of rotatable bonds is 10. The Morgan fingerprint density at radius 1 is 1.16 bits per heavy atom. The van der Waals surface area contributed by atoms with E-state index >= 15 is 0 Å². The fourth-order valence-corrected chi connectivity index (χ4v) is 4.74. The second-order valence-corrected chi connectivity index (χ2v) is 11.0. The normalized spacial score (nSPS) is 19.2. The minimum atomic E-state index is -0.743. The highest BCUT2D eigenvalue weighted by molar-refractivity contribution is 7.99. The zero-order valence-corrected chi connectivity index (χ0v) is 24.6. The molecule has 3 rings (SSSR count). The Balaban J connectivity index is 2.07. The van der Waals surface area contributed by atoms with Gasteiger partial charge >= 0.3 is 0 Å². The summed E-state index contributed by atoms with van der Waals surface area (Å²) in [7, 11) is 5.44. The molecule has 0 radical (unpaired) electrons. The molecule has 1 fully saturated rings. The van der Waals surface area contributed by atoms with Gasteiger partial charge in [0, 0.05) is 44.9 Å². The Morgan fingerprint density at radius 3 is 2.37 bits per heavy atom. The van der Waals surface area contributed by atoms with E-state index in [0.717, 1.165) is 22.5 Å². The molecule has 0 bridgehead atoms. The van der Waals surface area contributed by atoms with Crippen LogP contribution in [0.2, 0.25) is 0 Å². The van der Waals surface area contributed by atoms with Crippen molar-refractivity contribution in [2.24, 2.45) is 0 Å². The molecule has 2 aromatic rings. The van der Waals surface area contributed by atoms with Crippen LogP contribution in [-0.4, -0.2) is 66.2 Å². The summed E-state index contributed by atoms with van der Waals surface area (Å²) in [6.07, 6.45) is 7.75. The summed E-state index contributed by atoms with van der Waals surface area (Å²) in [6.45, 7) is 8.28. The van der Waals surface area contributed by atoms with Gasteiger partial charge < -0.3 is 14.4 Å². The molecular weight excluding hydrogens is 503 g/mol. The summed E-state index contributed by atoms with van der Waals surface area (Å²) in [5, 5.41) is 0. The van der Waals surface area contributed by atoms with Gasteiger partial charge in [0.15, 0.2) is 5.79 Å². The highest BCUT2D eigenvalue weighted by atomic mass is 32.2. The van der Waals surface area contributed by atoms with Crippen LogP contribution >= 0.6 is 11.9 Å². The highest BCUT2D eigenvalue weighted by Crippen LogP contribution is 2.36. The van der Waals surface area contributed by atoms with Crippen molar-refractivity contribution in [3.8, 4) is 11.3 Å². The number of nitrogens with zero attached hydrogens (tertiary/aromatic N) is 4. The van der Waals surface area contributed by atoms with Gasteiger partial charge in [-0.3, -0.25) is 9.10 Å². The van der Waals surface area contributed by atoms with Gasteiger partial charge in [-0.1, -0.05) is 51.8 Å². The van der Waals surface area contributed by atoms with Crippen molar-refractivity contribution in [2.45, 2.75) is 77.3 Å². The average Bonchev–Trinajstić information content (AvgIpc) is 2.91. The minimum Gasteiger partial charge on any atom is -0.349 e. The molecule has 1 aromatic carbocycles. The van der Waals surface area contributed by atoms with E-state index in [-0.39, 0.29) is 29.9 Å². The second kappa shape index (κ2) is 13.0. The fraction of sp³-hybridized carbons (Fsp3) is 0.552. The number of halogens is 1. The molecule has 0 aliphatic carbocycles. The summed E-state index contributed by atoms with van der Waals surface area (Å²) >= 11 is 1.52. The molecule has 9 heteroatoms. The lowest BCUT2D eigenvalue weighted by molar-refractivity contribution is -0.311. The largest absolute Gasteiger partial charge is 0.349 e. The zero-order chi connectivity index (χ0) is 28.0. The standard InChI is InChI=1S/C29H41FN4O3S/c1-9-29(10-2)36-22(17-23(37-29)18-25(35)33(5)6)15-16-24-26(19(3)4)31-28(34(7)38-8)32-27(24)20-11-13-21(30)14-12-20/h11-16,19,22-23H,9-10,17-18H2,1-8H3/b16-15+. The first-order valence-electron chi connectivity index (χ1n) is 13.2. The van der Waals surface area contributed by atoms with Crippen LogP contribution < -0.4 is 4.31 Å². The molecule has 1 saturated heterocycles. The summed E-state index contributed by atoms with van der Waals surface area (Å²) in [4.78, 5) is 23.9. The van der Waals surface area contributed by atoms with Crippen LogP contribution in [0.4, 0.5) is 10.3 Å². The molecule has 1 amide bonds. The molecular formula is C29H41FN4O3S. The Hall–Kier alpha value is -2.49. The van der Waals surface area contributed by atoms with Crippen LogP contribution in [0.3, 0.4) is 0 Å². The molecule has 0 spiro atoms. The quantitative estimate of drug-likeness (QED) is 0.325. The Kier molecular flexibility index (Phi) is 10.3. The van der Waals surface area contributed by atoms with Gasteiger partial charge in [-0.15, -0.1) is 0 Å². The molecule has 0 N–H and O–H groups in total. The van der Waals surface area contributed by atoms with Crippen LogP contribution in [0.5, 0.6) is 0 Å². The highest BCUT2D eigenvalue weighted by Gasteiger charge is 2.40. The van der Waals surface area contributed by atoms with Crippen molar-refractivity contribution < 1.29 is 18.7 Å². The van der Waals surface area contributed by atoms with Gasteiger partial charge in [-0.05, 0) is 43.0 Å². The van der Waals surface area contributed by atoms with Gasteiger partial charge in [0.2, 0.25) is 11.9 Å². The first-order valence-corrected chi connectivity index (χ1v) is 14.4. The van der Waals surface area contributed by atoms with E-state index in [2.05, 4.69) is 13.8 Å². The van der Waals surface area contributed by atoms with E-state index in [1.165, 1.54) is 24.1 Å². The number of benzene rings is 1. The van der Waals surface area contributed by atoms with Gasteiger partial charge in [0.25, 0.3) is 0 Å². The summed E-state index contributed by atoms with van der Waals surface area (Å²) in [5.74, 6) is -0.291. The van der Waals surface area contributed by atoms with E-state index < -0.39 is 5.79 Å². The van der Waals surface area contributed by atoms with Gasteiger partial charge in [-0.2, -0.15) is 0 Å². The lowest BCUT2D eigenvalue weighted by Gasteiger charge is -2.43. The van der Waals surface area contributed by atoms with Crippen molar-refractivity contribution in [3.05, 3.63) is 47.4 Å². The monoisotopic (exact) mass is 544 g/mol. The lowest BCUT2D eigenvalue weighted by atomic mass is 9.96. The summed E-state index contributed by atoms with van der Waals surface area (Å²) in [6, 6.07) is 6.38. The SMILES string of the molecule is CCC1(CC)OC(/C=C/c2c(-c3ccc(F)cc3)nc(N(C)SC)nc2C(C)C)CC(CC(=O)N(C)C)O1. The number of hydrogen-bond donors (Lipinski definition) is 0. The number of carbonyl (C=O) groups excluding carboxylic acids is 1. The molecule has 208 valence electrons. The predicted molar refractivity (Wildman–Crippen MR) is 153 cm³/mol. The third-order valence-electron chi connectivity index (χ3n) is 6.88. The third kappa shape index (κ3) is 7.12. The molecule has 1 aliphatic rings. The molecule has 2 heterocycles. The number of hydrogen-bond acceptors (Lipinski definition) is 7. The average molecular weight is 545 g/mol. The minimum absolute atomic E-state index is 0.0309. The van der Waals surface area contributed by atoms with E-state index in [1.807, 2.05) is 43.6 Å². The number of anilines is 1. The number of ether oxygens (including phenoxy) is 2. The molecule has 38 heavy (non-hydrogen) atoms. The maximum Gasteiger partial charge on any atom is 0.236 e. The predicted octanol–water partition coefficient (Wildman–Crippen LogP) is 6.30. The number of aromatic nitrogens is 2. The zero-order valence-electron chi connectivity index (χ0n) is 23.8. The van der Waals surface area contributed by atoms with E-state index in [1.54, 1.807) is 31.1 Å². The second-order valence-electron chi connectivity index (χ2n) is 10.1. The molecule has 2 atom stereocenters. The van der Waals surface area contributed by atoms with Crippen LogP contribution in [0.15, 0.2) is 30.3 Å². The lowest BCUT2D eigenvalue weighted by Crippen LogP contribution is -2.48. The summed E-state index contributed by atoms with van der Waals surface area (Å²) in [5.41, 5.74) is 3.32. The molecule has 2 unspecified atom stereocenters. The molecule has 1 aromatic heterocycles. The fourth-order valence-electron chi connectivity index (χ4n) is 4.50. The smallest absolute Gasteiger partial charge is 0.236 e. The first-order chi connectivity index (χ1) is 18.0. The van der Waals surface area contributed by atoms with Crippen LogP contribution in [0.25, 0.3) is 17.3 Å². The van der Waals surface area contributed by atoms with Crippen molar-refractivity contribution in [3.63, 3.8) is 0 Å². The third-order valence-corrected chi connectivity index (χ3v) is 7.59. The van der Waals surface area contributed by atoms with E-state index in [0.29, 0.717) is 31.6 Å². The Morgan fingerprint density at radius 2 is 1.82 bits per heavy atom. The van der Waals surface area contributed by atoms with Gasteiger partial charge in [0.05, 0.1) is 30.0 Å². The maximum atomic E-state index is 13.8. The van der Waals surface area contributed by atoms with E-state index in [4.69, 9.17) is 19.4 Å². The number of carbonyl (C=O) groups is 1. The van der Waals surface area contributed by atoms with E-state index in [9.17, 15) is 9.18 Å². The van der Waals surface area contributed by atoms with Gasteiger partial charge in [-0.25, -0.2) is 14.4 Å². The van der Waals surface area contributed by atoms with Crippen molar-refractivity contribution in [2.75, 3.05) is 31.7 Å². The molecule has 0 saturated carbocycles.